The van der Waals surface area contributed by atoms with E-state index in [0.29, 0.717) is 23.7 Å². The molecule has 0 aliphatic rings. The van der Waals surface area contributed by atoms with Gasteiger partial charge in [-0.2, -0.15) is 0 Å². The molecule has 0 fully saturated rings. The van der Waals surface area contributed by atoms with E-state index in [2.05, 4.69) is 10.6 Å². The normalized spacial score (nSPS) is 10.6. The van der Waals surface area contributed by atoms with Crippen LogP contribution in [0.2, 0.25) is 5.02 Å². The van der Waals surface area contributed by atoms with E-state index >= 15 is 0 Å². The van der Waals surface area contributed by atoms with E-state index < -0.39 is 0 Å². The number of halogens is 1. The van der Waals surface area contributed by atoms with E-state index in [4.69, 9.17) is 11.6 Å². The van der Waals surface area contributed by atoms with Gasteiger partial charge in [-0.15, -0.1) is 0 Å². The monoisotopic (exact) mass is 380 g/mol. The lowest BCUT2D eigenvalue weighted by atomic mass is 10.1. The van der Waals surface area contributed by atoms with E-state index in [1.807, 2.05) is 60.7 Å². The summed E-state index contributed by atoms with van der Waals surface area (Å²) >= 11 is 5.85. The van der Waals surface area contributed by atoms with Crippen LogP contribution in [0.4, 0.5) is 0 Å². The molecule has 138 valence electrons. The summed E-state index contributed by atoms with van der Waals surface area (Å²) in [4.78, 5) is 24.1. The van der Waals surface area contributed by atoms with E-state index in [1.54, 1.807) is 6.07 Å². The van der Waals surface area contributed by atoms with Gasteiger partial charge < -0.3 is 10.6 Å². The molecule has 0 aromatic heterocycles. The minimum atomic E-state index is -0.172. The largest absolute Gasteiger partial charge is 0.356 e. The summed E-state index contributed by atoms with van der Waals surface area (Å²) in [6, 6.07) is 21.0. The smallest absolute Gasteiger partial charge is 0.251 e. The van der Waals surface area contributed by atoms with Crippen molar-refractivity contribution in [3.8, 4) is 0 Å². The average molecular weight is 381 g/mol. The third kappa shape index (κ3) is 5.56. The van der Waals surface area contributed by atoms with Gasteiger partial charge in [-0.1, -0.05) is 54.1 Å². The maximum atomic E-state index is 12.2. The van der Waals surface area contributed by atoms with Crippen LogP contribution < -0.4 is 10.6 Å². The summed E-state index contributed by atoms with van der Waals surface area (Å²) in [6.45, 7) is 0.859. The fraction of sp³-hybridized carbons (Fsp3) is 0.182. The molecule has 0 atom stereocenters. The number of rotatable bonds is 7. The van der Waals surface area contributed by atoms with Crippen LogP contribution in [0.5, 0.6) is 0 Å². The van der Waals surface area contributed by atoms with Crippen molar-refractivity contribution >= 4 is 34.2 Å². The van der Waals surface area contributed by atoms with Crippen molar-refractivity contribution in [1.29, 1.82) is 0 Å². The van der Waals surface area contributed by atoms with Gasteiger partial charge in [-0.25, -0.2) is 0 Å². The quantitative estimate of drug-likeness (QED) is 0.651. The lowest BCUT2D eigenvalue weighted by Gasteiger charge is -2.08. The summed E-state index contributed by atoms with van der Waals surface area (Å²) in [5.41, 5.74) is 1.71. The summed E-state index contributed by atoms with van der Waals surface area (Å²) in [5.74, 6) is -0.252. The SMILES string of the molecule is O=C(CCNC(=O)c1ccc2ccccc2c1)NCCc1ccc(Cl)cc1. The fourth-order valence-corrected chi connectivity index (χ4v) is 2.93. The van der Waals surface area contributed by atoms with Gasteiger partial charge in [-0.3, -0.25) is 9.59 Å². The summed E-state index contributed by atoms with van der Waals surface area (Å²) in [5, 5.41) is 8.46. The van der Waals surface area contributed by atoms with Gasteiger partial charge in [0.15, 0.2) is 0 Å². The van der Waals surface area contributed by atoms with E-state index in [9.17, 15) is 9.59 Å². The minimum Gasteiger partial charge on any atom is -0.356 e. The summed E-state index contributed by atoms with van der Waals surface area (Å²) in [6.07, 6.45) is 0.992. The zero-order valence-electron chi connectivity index (χ0n) is 14.9. The van der Waals surface area contributed by atoms with Crippen molar-refractivity contribution < 1.29 is 9.59 Å². The van der Waals surface area contributed by atoms with Crippen LogP contribution in [0.3, 0.4) is 0 Å². The molecule has 0 unspecified atom stereocenters. The molecule has 3 aromatic rings. The Labute approximate surface area is 163 Å². The molecule has 0 spiro atoms. The van der Waals surface area contributed by atoms with Crippen molar-refractivity contribution in [2.24, 2.45) is 0 Å². The molecule has 27 heavy (non-hydrogen) atoms. The number of carbonyl (C=O) groups is 2. The summed E-state index contributed by atoms with van der Waals surface area (Å²) < 4.78 is 0. The number of nitrogens with one attached hydrogen (secondary N) is 2. The molecule has 3 aromatic carbocycles. The molecule has 2 amide bonds. The zero-order valence-corrected chi connectivity index (χ0v) is 15.6. The van der Waals surface area contributed by atoms with Crippen LogP contribution in [0.1, 0.15) is 22.3 Å². The number of hydrogen-bond donors (Lipinski definition) is 2. The topological polar surface area (TPSA) is 58.2 Å². The molecule has 0 aliphatic carbocycles. The second-order valence-corrected chi connectivity index (χ2v) is 6.73. The number of carbonyl (C=O) groups excluding carboxylic acids is 2. The van der Waals surface area contributed by atoms with Crippen molar-refractivity contribution in [1.82, 2.24) is 10.6 Å². The highest BCUT2D eigenvalue weighted by Gasteiger charge is 2.07. The van der Waals surface area contributed by atoms with Crippen molar-refractivity contribution in [3.63, 3.8) is 0 Å². The third-order valence-corrected chi connectivity index (χ3v) is 4.55. The molecule has 5 heteroatoms. The fourth-order valence-electron chi connectivity index (χ4n) is 2.81. The van der Waals surface area contributed by atoms with Crippen LogP contribution in [-0.4, -0.2) is 24.9 Å². The highest BCUT2D eigenvalue weighted by atomic mass is 35.5. The van der Waals surface area contributed by atoms with Crippen molar-refractivity contribution in [2.45, 2.75) is 12.8 Å². The molecule has 3 rings (SSSR count). The molecule has 2 N–H and O–H groups in total. The number of benzene rings is 3. The second kappa shape index (κ2) is 9.19. The van der Waals surface area contributed by atoms with Crippen LogP contribution in [0.15, 0.2) is 66.7 Å². The predicted octanol–water partition coefficient (Wildman–Crippen LogP) is 3.97. The molecule has 0 saturated carbocycles. The Bertz CT molecular complexity index is 938. The standard InChI is InChI=1S/C22H21ClN2O2/c23-20-9-5-16(6-10-20)11-13-24-21(26)12-14-25-22(27)19-8-7-17-3-1-2-4-18(17)15-19/h1-10,15H,11-14H2,(H,24,26)(H,25,27). The van der Waals surface area contributed by atoms with Crippen LogP contribution in [-0.2, 0) is 11.2 Å². The zero-order chi connectivity index (χ0) is 19.1. The number of fused-ring (bicyclic) bond motifs is 1. The predicted molar refractivity (Wildman–Crippen MR) is 109 cm³/mol. The lowest BCUT2D eigenvalue weighted by Crippen LogP contribution is -2.31. The van der Waals surface area contributed by atoms with Gasteiger partial charge >= 0.3 is 0 Å². The molecule has 0 saturated heterocycles. The average Bonchev–Trinajstić information content (AvgIpc) is 2.69. The third-order valence-electron chi connectivity index (χ3n) is 4.30. The Balaban J connectivity index is 1.39. The lowest BCUT2D eigenvalue weighted by molar-refractivity contribution is -0.120. The molecule has 0 bridgehead atoms. The Hall–Kier alpha value is -2.85. The maximum Gasteiger partial charge on any atom is 0.251 e. The van der Waals surface area contributed by atoms with Crippen LogP contribution >= 0.6 is 11.6 Å². The van der Waals surface area contributed by atoms with Crippen LogP contribution in [0, 0.1) is 0 Å². The van der Waals surface area contributed by atoms with Crippen molar-refractivity contribution in [3.05, 3.63) is 82.9 Å². The van der Waals surface area contributed by atoms with Gasteiger partial charge in [-0.05, 0) is 47.0 Å². The first kappa shape index (κ1) is 18.9. The number of hydrogen-bond acceptors (Lipinski definition) is 2. The van der Waals surface area contributed by atoms with Gasteiger partial charge in [0.05, 0.1) is 0 Å². The Morgan fingerprint density at radius 3 is 2.33 bits per heavy atom. The molecule has 0 aliphatic heterocycles. The van der Waals surface area contributed by atoms with Gasteiger partial charge in [0.2, 0.25) is 5.91 Å². The first-order chi connectivity index (χ1) is 13.1. The van der Waals surface area contributed by atoms with E-state index in [0.717, 1.165) is 22.8 Å². The van der Waals surface area contributed by atoms with E-state index in [-0.39, 0.29) is 18.2 Å². The van der Waals surface area contributed by atoms with E-state index in [1.165, 1.54) is 0 Å². The van der Waals surface area contributed by atoms with Crippen LogP contribution in [0.25, 0.3) is 10.8 Å². The van der Waals surface area contributed by atoms with Gasteiger partial charge in [0.25, 0.3) is 5.91 Å². The van der Waals surface area contributed by atoms with Gasteiger partial charge in [0.1, 0.15) is 0 Å². The Morgan fingerprint density at radius 1 is 0.815 bits per heavy atom. The minimum absolute atomic E-state index is 0.0808. The maximum absolute atomic E-state index is 12.2. The Kier molecular flexibility index (Phi) is 6.44. The first-order valence-corrected chi connectivity index (χ1v) is 9.28. The molecule has 0 heterocycles. The molecule has 4 nitrogen and oxygen atoms in total. The van der Waals surface area contributed by atoms with Crippen molar-refractivity contribution in [2.75, 3.05) is 13.1 Å². The first-order valence-electron chi connectivity index (χ1n) is 8.90. The highest BCUT2D eigenvalue weighted by Crippen LogP contribution is 2.15. The highest BCUT2D eigenvalue weighted by molar-refractivity contribution is 6.30. The molecular formula is C22H21ClN2O2. The summed E-state index contributed by atoms with van der Waals surface area (Å²) in [7, 11) is 0. The Morgan fingerprint density at radius 2 is 1.56 bits per heavy atom. The molecular weight excluding hydrogens is 360 g/mol. The number of amides is 2. The van der Waals surface area contributed by atoms with Gasteiger partial charge in [0, 0.05) is 30.1 Å². The second-order valence-electron chi connectivity index (χ2n) is 6.29. The molecule has 0 radical (unpaired) electrons.